The maximum absolute atomic E-state index is 12.7. The first-order valence-electron chi connectivity index (χ1n) is 7.86. The zero-order valence-corrected chi connectivity index (χ0v) is 14.8. The number of hydrogen-bond donors (Lipinski definition) is 3. The monoisotopic (exact) mass is 381 g/mol. The molecule has 140 valence electrons. The lowest BCUT2D eigenvalue weighted by Gasteiger charge is -2.17. The van der Waals surface area contributed by atoms with E-state index in [1.54, 1.807) is 36.4 Å². The highest BCUT2D eigenvalue weighted by atomic mass is 32.2. The van der Waals surface area contributed by atoms with Crippen LogP contribution in [0.15, 0.2) is 36.4 Å². The molecule has 1 atom stereocenters. The Morgan fingerprint density at radius 2 is 1.88 bits per heavy atom. The van der Waals surface area contributed by atoms with Crippen molar-refractivity contribution in [3.8, 4) is 5.75 Å². The Balaban J connectivity index is 2.45. The summed E-state index contributed by atoms with van der Waals surface area (Å²) in [6, 6.07) is 8.54. The van der Waals surface area contributed by atoms with E-state index in [9.17, 15) is 18.0 Å². The summed E-state index contributed by atoms with van der Waals surface area (Å²) in [7, 11) is -4.59. The molecular weight excluding hydrogens is 362 g/mol. The zero-order chi connectivity index (χ0) is 19.3. The van der Waals surface area contributed by atoms with Crippen molar-refractivity contribution in [3.05, 3.63) is 42.0 Å². The molecule has 1 amide bonds. The molecule has 0 aliphatic carbocycles. The third kappa shape index (κ3) is 4.93. The predicted molar refractivity (Wildman–Crippen MR) is 95.0 cm³/mol. The van der Waals surface area contributed by atoms with Gasteiger partial charge in [-0.15, -0.1) is 0 Å². The van der Waals surface area contributed by atoms with Crippen LogP contribution in [-0.2, 0) is 14.9 Å². The summed E-state index contributed by atoms with van der Waals surface area (Å²) in [5.41, 5.74) is 0.109. The third-order valence-electron chi connectivity index (χ3n) is 3.56. The summed E-state index contributed by atoms with van der Waals surface area (Å²) in [6.07, 6.45) is 0.703. The maximum Gasteiger partial charge on any atom is 0.327 e. The summed E-state index contributed by atoms with van der Waals surface area (Å²) in [6.45, 7) is 2.25. The van der Waals surface area contributed by atoms with E-state index >= 15 is 0 Å². The minimum absolute atomic E-state index is 0.109. The molecule has 8 nitrogen and oxygen atoms in total. The van der Waals surface area contributed by atoms with Crippen LogP contribution in [0.3, 0.4) is 0 Å². The fourth-order valence-corrected chi connectivity index (χ4v) is 3.08. The van der Waals surface area contributed by atoms with Crippen LogP contribution in [0, 0.1) is 0 Å². The van der Waals surface area contributed by atoms with Crippen LogP contribution >= 0.6 is 0 Å². The van der Waals surface area contributed by atoms with Gasteiger partial charge in [0.15, 0.2) is 0 Å². The van der Waals surface area contributed by atoms with Crippen LogP contribution in [0.5, 0.6) is 5.75 Å². The number of carboxylic acids is 1. The fourth-order valence-electron chi connectivity index (χ4n) is 2.43. The van der Waals surface area contributed by atoms with Crippen molar-refractivity contribution in [2.75, 3.05) is 12.4 Å². The van der Waals surface area contributed by atoms with Crippen LogP contribution < -0.4 is 10.1 Å². The first kappa shape index (κ1) is 19.7. The molecule has 0 bridgehead atoms. The highest BCUT2D eigenvalue weighted by molar-refractivity contribution is 7.85. The largest absolute Gasteiger partial charge is 0.493 e. The molecule has 2 rings (SSSR count). The summed E-state index contributed by atoms with van der Waals surface area (Å²) < 4.78 is 36.5. The number of carbonyl (C=O) groups excluding carboxylic acids is 1. The van der Waals surface area contributed by atoms with Crippen LogP contribution in [-0.4, -0.2) is 48.4 Å². The van der Waals surface area contributed by atoms with Crippen molar-refractivity contribution < 1.29 is 32.4 Å². The minimum Gasteiger partial charge on any atom is -0.493 e. The van der Waals surface area contributed by atoms with E-state index in [-0.39, 0.29) is 11.3 Å². The van der Waals surface area contributed by atoms with E-state index in [4.69, 9.17) is 14.4 Å². The average Bonchev–Trinajstić information content (AvgIpc) is 2.57. The second-order valence-electron chi connectivity index (χ2n) is 5.62. The normalized spacial score (nSPS) is 12.5. The van der Waals surface area contributed by atoms with Crippen molar-refractivity contribution >= 4 is 32.8 Å². The molecule has 3 N–H and O–H groups in total. The van der Waals surface area contributed by atoms with Gasteiger partial charge in [0.2, 0.25) is 0 Å². The van der Waals surface area contributed by atoms with Crippen molar-refractivity contribution in [2.24, 2.45) is 0 Å². The maximum atomic E-state index is 12.7. The van der Waals surface area contributed by atoms with Crippen LogP contribution in [0.25, 0.3) is 10.8 Å². The van der Waals surface area contributed by atoms with Crippen molar-refractivity contribution in [3.63, 3.8) is 0 Å². The summed E-state index contributed by atoms with van der Waals surface area (Å²) in [5.74, 6) is -3.25. The van der Waals surface area contributed by atoms with Crippen molar-refractivity contribution in [1.82, 2.24) is 5.32 Å². The van der Waals surface area contributed by atoms with Gasteiger partial charge in [-0.05, 0) is 23.3 Å². The van der Waals surface area contributed by atoms with Crippen LogP contribution in [0.1, 0.15) is 23.7 Å². The van der Waals surface area contributed by atoms with Gasteiger partial charge >= 0.3 is 5.97 Å². The number of hydrogen-bond acceptors (Lipinski definition) is 5. The van der Waals surface area contributed by atoms with E-state index in [0.717, 1.165) is 5.39 Å². The molecule has 2 aromatic carbocycles. The Kier molecular flexibility index (Phi) is 6.17. The molecule has 0 heterocycles. The van der Waals surface area contributed by atoms with Crippen LogP contribution in [0.4, 0.5) is 0 Å². The summed E-state index contributed by atoms with van der Waals surface area (Å²) >= 11 is 0. The number of fused-ring (bicyclic) bond motifs is 1. The Bertz CT molecular complexity index is 924. The van der Waals surface area contributed by atoms with Gasteiger partial charge in [0.05, 0.1) is 12.2 Å². The smallest absolute Gasteiger partial charge is 0.327 e. The molecule has 0 saturated carbocycles. The van der Waals surface area contributed by atoms with Crippen LogP contribution in [0.2, 0.25) is 0 Å². The minimum atomic E-state index is -4.59. The predicted octanol–water partition coefficient (Wildman–Crippen LogP) is 1.70. The Morgan fingerprint density at radius 1 is 1.19 bits per heavy atom. The lowest BCUT2D eigenvalue weighted by Crippen LogP contribution is -2.45. The molecule has 9 heteroatoms. The number of benzene rings is 2. The summed E-state index contributed by atoms with van der Waals surface area (Å²) in [5, 5.41) is 12.6. The first-order chi connectivity index (χ1) is 12.2. The number of nitrogens with one attached hydrogen (secondary N) is 1. The standard InChI is InChI=1S/C17H19NO7S/c1-2-9-25-14-8-7-11-5-3-4-6-12(11)15(14)16(19)18-13(17(20)21)10-26(22,23)24/h3-8,13H,2,9-10H2,1H3,(H,18,19)(H,20,21)(H,22,23,24)/t13-/m0/s1. The zero-order valence-electron chi connectivity index (χ0n) is 14.0. The number of amides is 1. The van der Waals surface area contributed by atoms with Gasteiger partial charge in [0.1, 0.15) is 17.5 Å². The highest BCUT2D eigenvalue weighted by Crippen LogP contribution is 2.28. The molecule has 0 radical (unpaired) electrons. The van der Waals surface area contributed by atoms with Crippen molar-refractivity contribution in [2.45, 2.75) is 19.4 Å². The Morgan fingerprint density at radius 3 is 2.50 bits per heavy atom. The van der Waals surface area contributed by atoms with Gasteiger partial charge in [0, 0.05) is 0 Å². The fraction of sp³-hybridized carbons (Fsp3) is 0.294. The topological polar surface area (TPSA) is 130 Å². The van der Waals surface area contributed by atoms with Gasteiger partial charge in [-0.25, -0.2) is 4.79 Å². The lowest BCUT2D eigenvalue weighted by atomic mass is 10.0. The Hall–Kier alpha value is -2.65. The van der Waals surface area contributed by atoms with E-state index in [1.807, 2.05) is 6.92 Å². The lowest BCUT2D eigenvalue weighted by molar-refractivity contribution is -0.138. The molecule has 0 aliphatic rings. The third-order valence-corrected chi connectivity index (χ3v) is 4.31. The molecule has 0 saturated heterocycles. The molecule has 26 heavy (non-hydrogen) atoms. The quantitative estimate of drug-likeness (QED) is 0.593. The highest BCUT2D eigenvalue weighted by Gasteiger charge is 2.28. The molecule has 0 aromatic heterocycles. The second kappa shape index (κ2) is 8.15. The number of aliphatic carboxylic acids is 1. The number of rotatable bonds is 8. The number of carboxylic acid groups (broad SMARTS) is 1. The van der Waals surface area contributed by atoms with Gasteiger partial charge in [0.25, 0.3) is 16.0 Å². The number of carbonyl (C=O) groups is 2. The average molecular weight is 381 g/mol. The van der Waals surface area contributed by atoms with Crippen molar-refractivity contribution in [1.29, 1.82) is 0 Å². The van der Waals surface area contributed by atoms with Gasteiger partial charge in [-0.1, -0.05) is 37.3 Å². The Labute approximate surface area is 150 Å². The van der Waals surface area contributed by atoms with Gasteiger partial charge in [-0.2, -0.15) is 8.42 Å². The van der Waals surface area contributed by atoms with E-state index in [0.29, 0.717) is 18.4 Å². The van der Waals surface area contributed by atoms with E-state index in [1.165, 1.54) is 0 Å². The van der Waals surface area contributed by atoms with Gasteiger partial charge in [-0.3, -0.25) is 9.35 Å². The first-order valence-corrected chi connectivity index (χ1v) is 9.47. The van der Waals surface area contributed by atoms with E-state index in [2.05, 4.69) is 5.32 Å². The molecule has 0 fully saturated rings. The van der Waals surface area contributed by atoms with Gasteiger partial charge < -0.3 is 15.2 Å². The second-order valence-corrected chi connectivity index (χ2v) is 7.12. The summed E-state index contributed by atoms with van der Waals surface area (Å²) in [4.78, 5) is 24.0. The SMILES string of the molecule is CCCOc1ccc2ccccc2c1C(=O)N[C@@H](CS(=O)(=O)O)C(=O)O. The molecule has 0 spiro atoms. The molecule has 0 unspecified atom stereocenters. The molecule has 2 aromatic rings. The molecule has 0 aliphatic heterocycles. The van der Waals surface area contributed by atoms with E-state index < -0.39 is 33.8 Å². The number of ether oxygens (including phenoxy) is 1. The molecular formula is C17H19NO7S.